The fourth-order valence-electron chi connectivity index (χ4n) is 2.66. The maximum atomic E-state index is 12.9. The van der Waals surface area contributed by atoms with Gasteiger partial charge in [0, 0.05) is 37.3 Å². The van der Waals surface area contributed by atoms with Gasteiger partial charge in [-0.05, 0) is 17.7 Å². The van der Waals surface area contributed by atoms with Crippen molar-refractivity contribution in [3.63, 3.8) is 0 Å². The number of alkyl halides is 2. The molecule has 2 N–H and O–H groups in total. The van der Waals surface area contributed by atoms with Gasteiger partial charge in [-0.15, -0.1) is 5.10 Å². The number of benzene rings is 1. The molecule has 25 heavy (non-hydrogen) atoms. The van der Waals surface area contributed by atoms with Crippen LogP contribution in [0.15, 0.2) is 30.6 Å². The van der Waals surface area contributed by atoms with E-state index in [1.165, 1.54) is 0 Å². The second-order valence-corrected chi connectivity index (χ2v) is 6.00. The van der Waals surface area contributed by atoms with Crippen LogP contribution in [0.5, 0.6) is 0 Å². The van der Waals surface area contributed by atoms with Crippen molar-refractivity contribution in [2.24, 2.45) is 7.05 Å². The van der Waals surface area contributed by atoms with E-state index in [2.05, 4.69) is 30.6 Å². The van der Waals surface area contributed by atoms with Crippen LogP contribution in [0, 0.1) is 0 Å². The largest absolute Gasteiger partial charge is 0.348 e. The van der Waals surface area contributed by atoms with Gasteiger partial charge in [-0.3, -0.25) is 0 Å². The molecule has 0 bridgehead atoms. The number of hydrogen-bond donors (Lipinski definition) is 2. The van der Waals surface area contributed by atoms with E-state index in [4.69, 9.17) is 0 Å². The molecule has 0 fully saturated rings. The third kappa shape index (κ3) is 2.88. The molecule has 4 rings (SSSR count). The summed E-state index contributed by atoms with van der Waals surface area (Å²) in [6.07, 6.45) is 3.44. The first kappa shape index (κ1) is 15.4. The summed E-state index contributed by atoms with van der Waals surface area (Å²) in [7, 11) is 1.83. The van der Waals surface area contributed by atoms with Crippen molar-refractivity contribution in [3.8, 4) is 11.1 Å². The number of hydrogen-bond acceptors (Lipinski definition) is 5. The van der Waals surface area contributed by atoms with Gasteiger partial charge in [-0.2, -0.15) is 4.98 Å². The second kappa shape index (κ2) is 5.47. The number of H-pyrrole nitrogens is 1. The first-order valence-electron chi connectivity index (χ1n) is 7.66. The summed E-state index contributed by atoms with van der Waals surface area (Å²) in [6.45, 7) is 0.324. The number of aromatic amines is 1. The average molecular weight is 343 g/mol. The standard InChI is InChI=1S/C16H15F2N7/c1-16(17,18)8-21-15-20-7-11-10(6-19-14(11)22-15)9-3-4-12-13(5-9)25(2)24-23-12/h3-7H,8H2,1-2H3,(H2,19,20,21,22). The van der Waals surface area contributed by atoms with E-state index >= 15 is 0 Å². The van der Waals surface area contributed by atoms with Crippen LogP contribution in [0.3, 0.4) is 0 Å². The Bertz CT molecular complexity index is 1060. The zero-order valence-electron chi connectivity index (χ0n) is 13.6. The van der Waals surface area contributed by atoms with Gasteiger partial charge >= 0.3 is 0 Å². The minimum Gasteiger partial charge on any atom is -0.348 e. The highest BCUT2D eigenvalue weighted by Crippen LogP contribution is 2.29. The topological polar surface area (TPSA) is 84.3 Å². The molecule has 0 radical (unpaired) electrons. The highest BCUT2D eigenvalue weighted by Gasteiger charge is 2.21. The Morgan fingerprint density at radius 2 is 2.16 bits per heavy atom. The number of nitrogens with one attached hydrogen (secondary N) is 2. The lowest BCUT2D eigenvalue weighted by atomic mass is 10.1. The van der Waals surface area contributed by atoms with Crippen molar-refractivity contribution in [1.82, 2.24) is 29.9 Å². The number of aryl methyl sites for hydroxylation is 1. The lowest BCUT2D eigenvalue weighted by Crippen LogP contribution is -2.23. The fourth-order valence-corrected chi connectivity index (χ4v) is 2.66. The van der Waals surface area contributed by atoms with Gasteiger partial charge in [0.2, 0.25) is 5.95 Å². The normalized spacial score (nSPS) is 12.2. The van der Waals surface area contributed by atoms with Gasteiger partial charge in [0.25, 0.3) is 5.92 Å². The lowest BCUT2D eigenvalue weighted by Gasteiger charge is -2.10. The summed E-state index contributed by atoms with van der Waals surface area (Å²) in [5, 5.41) is 11.4. The van der Waals surface area contributed by atoms with Crippen molar-refractivity contribution < 1.29 is 8.78 Å². The molecule has 9 heteroatoms. The number of anilines is 1. The number of halogens is 2. The first-order valence-corrected chi connectivity index (χ1v) is 7.66. The van der Waals surface area contributed by atoms with Crippen molar-refractivity contribution in [2.75, 3.05) is 11.9 Å². The maximum absolute atomic E-state index is 12.9. The van der Waals surface area contributed by atoms with Gasteiger partial charge < -0.3 is 10.3 Å². The Morgan fingerprint density at radius 1 is 1.32 bits per heavy atom. The van der Waals surface area contributed by atoms with E-state index in [0.29, 0.717) is 5.65 Å². The molecule has 0 aliphatic rings. The van der Waals surface area contributed by atoms with E-state index < -0.39 is 12.5 Å². The minimum atomic E-state index is -2.83. The number of aromatic nitrogens is 6. The van der Waals surface area contributed by atoms with Crippen LogP contribution in [-0.4, -0.2) is 42.4 Å². The zero-order valence-corrected chi connectivity index (χ0v) is 13.6. The Kier molecular flexibility index (Phi) is 3.38. The van der Waals surface area contributed by atoms with Crippen LogP contribution < -0.4 is 5.32 Å². The summed E-state index contributed by atoms with van der Waals surface area (Å²) >= 11 is 0. The molecule has 1 aromatic carbocycles. The molecular formula is C16H15F2N7. The molecule has 0 amide bonds. The molecule has 0 atom stereocenters. The molecule has 4 aromatic rings. The third-order valence-electron chi connectivity index (χ3n) is 3.91. The van der Waals surface area contributed by atoms with Crippen molar-refractivity contribution in [1.29, 1.82) is 0 Å². The smallest absolute Gasteiger partial charge is 0.262 e. The van der Waals surface area contributed by atoms with Crippen molar-refractivity contribution in [2.45, 2.75) is 12.8 Å². The van der Waals surface area contributed by atoms with Crippen molar-refractivity contribution in [3.05, 3.63) is 30.6 Å². The highest BCUT2D eigenvalue weighted by molar-refractivity contribution is 5.95. The molecule has 7 nitrogen and oxygen atoms in total. The Morgan fingerprint density at radius 3 is 2.96 bits per heavy atom. The summed E-state index contributed by atoms with van der Waals surface area (Å²) in [5.41, 5.74) is 4.19. The minimum absolute atomic E-state index is 0.161. The fraction of sp³-hybridized carbons (Fsp3) is 0.250. The third-order valence-corrected chi connectivity index (χ3v) is 3.91. The van der Waals surface area contributed by atoms with Gasteiger partial charge in [0.05, 0.1) is 12.1 Å². The predicted octanol–water partition coefficient (Wildman–Crippen LogP) is 2.97. The Hall–Kier alpha value is -3.10. The maximum Gasteiger partial charge on any atom is 0.262 e. The molecule has 0 saturated carbocycles. The molecular weight excluding hydrogens is 328 g/mol. The quantitative estimate of drug-likeness (QED) is 0.595. The molecule has 0 unspecified atom stereocenters. The second-order valence-electron chi connectivity index (χ2n) is 6.00. The van der Waals surface area contributed by atoms with Gasteiger partial charge in [0.1, 0.15) is 11.2 Å². The van der Waals surface area contributed by atoms with Crippen LogP contribution in [0.25, 0.3) is 33.2 Å². The van der Waals surface area contributed by atoms with Crippen molar-refractivity contribution >= 4 is 28.0 Å². The van der Waals surface area contributed by atoms with E-state index in [-0.39, 0.29) is 5.95 Å². The van der Waals surface area contributed by atoms with Gasteiger partial charge in [-0.1, -0.05) is 11.3 Å². The molecule has 3 heterocycles. The summed E-state index contributed by atoms with van der Waals surface area (Å²) in [6, 6.07) is 5.84. The highest BCUT2D eigenvalue weighted by atomic mass is 19.3. The van der Waals surface area contributed by atoms with E-state index in [9.17, 15) is 8.78 Å². The summed E-state index contributed by atoms with van der Waals surface area (Å²) in [5.74, 6) is -2.67. The summed E-state index contributed by atoms with van der Waals surface area (Å²) < 4.78 is 27.6. The monoisotopic (exact) mass is 343 g/mol. The number of nitrogens with zero attached hydrogens (tertiary/aromatic N) is 5. The predicted molar refractivity (Wildman–Crippen MR) is 90.5 cm³/mol. The lowest BCUT2D eigenvalue weighted by molar-refractivity contribution is 0.0366. The molecule has 0 spiro atoms. The van der Waals surface area contributed by atoms with Crippen LogP contribution in [0.4, 0.5) is 14.7 Å². The molecule has 0 aliphatic heterocycles. The van der Waals surface area contributed by atoms with Crippen LogP contribution in [0.1, 0.15) is 6.92 Å². The molecule has 0 saturated heterocycles. The first-order chi connectivity index (χ1) is 11.9. The van der Waals surface area contributed by atoms with Crippen LogP contribution >= 0.6 is 0 Å². The van der Waals surface area contributed by atoms with E-state index in [1.807, 2.05) is 31.4 Å². The molecule has 0 aliphatic carbocycles. The number of fused-ring (bicyclic) bond motifs is 2. The number of rotatable bonds is 4. The van der Waals surface area contributed by atoms with Gasteiger partial charge in [-0.25, -0.2) is 18.4 Å². The van der Waals surface area contributed by atoms with E-state index in [0.717, 1.165) is 34.5 Å². The molecule has 3 aromatic heterocycles. The van der Waals surface area contributed by atoms with Crippen LogP contribution in [0.2, 0.25) is 0 Å². The van der Waals surface area contributed by atoms with E-state index in [1.54, 1.807) is 10.9 Å². The Labute approximate surface area is 141 Å². The zero-order chi connectivity index (χ0) is 17.6. The molecule has 128 valence electrons. The SMILES string of the molecule is Cn1nnc2ccc(-c3c[nH]c4nc(NCC(C)(F)F)ncc34)cc21. The van der Waals surface area contributed by atoms with Gasteiger partial charge in [0.15, 0.2) is 0 Å². The van der Waals surface area contributed by atoms with Crippen LogP contribution in [-0.2, 0) is 7.05 Å². The average Bonchev–Trinajstić information content (AvgIpc) is 3.15. The Balaban J connectivity index is 1.71. The summed E-state index contributed by atoms with van der Waals surface area (Å²) in [4.78, 5) is 11.5.